The van der Waals surface area contributed by atoms with E-state index in [2.05, 4.69) is 28.5 Å². The van der Waals surface area contributed by atoms with Crippen LogP contribution in [0.25, 0.3) is 0 Å². The maximum Gasteiger partial charge on any atom is 0.167 e. The molecule has 0 spiro atoms. The Bertz CT molecular complexity index is 560. The third-order valence-corrected chi connectivity index (χ3v) is 5.37. The number of hydrogen-bond donors (Lipinski definition) is 1. The smallest absolute Gasteiger partial charge is 0.167 e. The molecule has 20 heavy (non-hydrogen) atoms. The van der Waals surface area contributed by atoms with Gasteiger partial charge in [-0.2, -0.15) is 10.4 Å². The minimum absolute atomic E-state index is 0.369. The molecule has 2 fully saturated rings. The number of nitriles is 1. The van der Waals surface area contributed by atoms with Crippen LogP contribution < -0.4 is 5.32 Å². The van der Waals surface area contributed by atoms with Crippen LogP contribution in [0.2, 0.25) is 0 Å². The fraction of sp³-hybridized carbons (Fsp3) is 0.688. The molecule has 4 atom stereocenters. The van der Waals surface area contributed by atoms with Crippen molar-refractivity contribution in [3.05, 3.63) is 16.8 Å². The van der Waals surface area contributed by atoms with E-state index in [1.807, 2.05) is 13.8 Å². The van der Waals surface area contributed by atoms with E-state index in [1.54, 1.807) is 0 Å². The van der Waals surface area contributed by atoms with Crippen molar-refractivity contribution in [1.29, 1.82) is 5.26 Å². The predicted octanol–water partition coefficient (Wildman–Crippen LogP) is 3.20. The summed E-state index contributed by atoms with van der Waals surface area (Å²) < 4.78 is 0. The molecule has 0 radical (unpaired) electrons. The van der Waals surface area contributed by atoms with Gasteiger partial charge in [0.1, 0.15) is 11.6 Å². The minimum atomic E-state index is 0.369. The molecular weight excluding hydrogens is 248 g/mol. The Kier molecular flexibility index (Phi) is 3.37. The topological polar surface area (TPSA) is 61.6 Å². The number of aryl methyl sites for hydroxylation is 1. The summed E-state index contributed by atoms with van der Waals surface area (Å²) >= 11 is 0. The first-order chi connectivity index (χ1) is 9.60. The zero-order valence-electron chi connectivity index (χ0n) is 12.5. The molecule has 4 unspecified atom stereocenters. The Labute approximate surface area is 120 Å². The van der Waals surface area contributed by atoms with Crippen molar-refractivity contribution < 1.29 is 0 Å². The minimum Gasteiger partial charge on any atom is -0.365 e. The number of anilines is 1. The molecule has 2 bridgehead atoms. The molecule has 106 valence electrons. The van der Waals surface area contributed by atoms with E-state index in [-0.39, 0.29) is 0 Å². The first kappa shape index (κ1) is 13.4. The van der Waals surface area contributed by atoms with E-state index < -0.39 is 0 Å². The van der Waals surface area contributed by atoms with Gasteiger partial charge in [0.15, 0.2) is 5.82 Å². The molecule has 2 aliphatic carbocycles. The second kappa shape index (κ2) is 5.05. The number of fused-ring (bicyclic) bond motifs is 2. The zero-order valence-corrected chi connectivity index (χ0v) is 12.5. The van der Waals surface area contributed by atoms with Crippen molar-refractivity contribution >= 4 is 5.82 Å². The van der Waals surface area contributed by atoms with E-state index in [0.717, 1.165) is 29.0 Å². The highest BCUT2D eigenvalue weighted by atomic mass is 15.2. The molecule has 1 aromatic rings. The van der Waals surface area contributed by atoms with Crippen molar-refractivity contribution in [1.82, 2.24) is 10.2 Å². The van der Waals surface area contributed by atoms with E-state index >= 15 is 0 Å². The van der Waals surface area contributed by atoms with Crippen molar-refractivity contribution in [3.8, 4) is 6.07 Å². The number of rotatable bonds is 3. The highest BCUT2D eigenvalue weighted by Gasteiger charge is 2.42. The highest BCUT2D eigenvalue weighted by Crippen LogP contribution is 2.49. The predicted molar refractivity (Wildman–Crippen MR) is 78.2 cm³/mol. The van der Waals surface area contributed by atoms with Gasteiger partial charge in [0.2, 0.25) is 0 Å². The van der Waals surface area contributed by atoms with Crippen LogP contribution in [0.4, 0.5) is 5.82 Å². The summed E-state index contributed by atoms with van der Waals surface area (Å²) in [6.45, 7) is 6.06. The molecule has 1 N–H and O–H groups in total. The third-order valence-electron chi connectivity index (χ3n) is 5.37. The first-order valence-electron chi connectivity index (χ1n) is 7.60. The second-order valence-corrected chi connectivity index (χ2v) is 6.52. The molecule has 3 rings (SSSR count). The normalized spacial score (nSPS) is 29.2. The molecule has 0 amide bonds. The molecule has 0 aromatic carbocycles. The number of aromatic nitrogens is 2. The van der Waals surface area contributed by atoms with Crippen LogP contribution in [0.3, 0.4) is 0 Å². The number of hydrogen-bond acceptors (Lipinski definition) is 4. The van der Waals surface area contributed by atoms with Gasteiger partial charge in [-0.05, 0) is 63.4 Å². The van der Waals surface area contributed by atoms with Crippen LogP contribution in [0.5, 0.6) is 0 Å². The van der Waals surface area contributed by atoms with Crippen molar-refractivity contribution in [2.45, 2.75) is 52.5 Å². The molecule has 2 saturated carbocycles. The highest BCUT2D eigenvalue weighted by molar-refractivity contribution is 5.56. The van der Waals surface area contributed by atoms with Gasteiger partial charge >= 0.3 is 0 Å². The fourth-order valence-electron chi connectivity index (χ4n) is 4.08. The summed E-state index contributed by atoms with van der Waals surface area (Å²) in [5, 5.41) is 21.2. The van der Waals surface area contributed by atoms with Gasteiger partial charge in [-0.15, -0.1) is 5.10 Å². The van der Waals surface area contributed by atoms with Crippen LogP contribution in [0.1, 0.15) is 49.4 Å². The lowest BCUT2D eigenvalue weighted by molar-refractivity contribution is 0.304. The standard InChI is InChI=1S/C16H22N4/c1-9-10(2)19-20-16(15(9)8-17)18-11(3)14-7-12-4-5-13(14)6-12/h11-14H,4-7H2,1-3H3,(H,18,20). The monoisotopic (exact) mass is 270 g/mol. The SMILES string of the molecule is Cc1nnc(NC(C)C2CC3CCC2C3)c(C#N)c1C. The summed E-state index contributed by atoms with van der Waals surface area (Å²) in [5.74, 6) is 3.19. The van der Waals surface area contributed by atoms with E-state index in [4.69, 9.17) is 0 Å². The third kappa shape index (κ3) is 2.15. The Morgan fingerprint density at radius 1 is 1.25 bits per heavy atom. The molecule has 0 aliphatic heterocycles. The molecule has 4 heteroatoms. The summed E-state index contributed by atoms with van der Waals surface area (Å²) in [5.41, 5.74) is 2.41. The molecular formula is C16H22N4. The summed E-state index contributed by atoms with van der Waals surface area (Å²) in [7, 11) is 0. The average molecular weight is 270 g/mol. The van der Waals surface area contributed by atoms with Gasteiger partial charge in [0.05, 0.1) is 5.69 Å². The van der Waals surface area contributed by atoms with Gasteiger partial charge in [0.25, 0.3) is 0 Å². The Morgan fingerprint density at radius 3 is 2.65 bits per heavy atom. The number of nitrogens with zero attached hydrogens (tertiary/aromatic N) is 3. The summed E-state index contributed by atoms with van der Waals surface area (Å²) in [6, 6.07) is 2.64. The molecule has 1 aromatic heterocycles. The van der Waals surface area contributed by atoms with Crippen LogP contribution in [-0.4, -0.2) is 16.2 Å². The lowest BCUT2D eigenvalue weighted by atomic mass is 9.84. The maximum absolute atomic E-state index is 9.35. The summed E-state index contributed by atoms with van der Waals surface area (Å²) in [6.07, 6.45) is 5.53. The largest absolute Gasteiger partial charge is 0.365 e. The van der Waals surface area contributed by atoms with Crippen molar-refractivity contribution in [3.63, 3.8) is 0 Å². The Balaban J connectivity index is 1.78. The first-order valence-corrected chi connectivity index (χ1v) is 7.60. The van der Waals surface area contributed by atoms with E-state index in [9.17, 15) is 5.26 Å². The summed E-state index contributed by atoms with van der Waals surface area (Å²) in [4.78, 5) is 0. The van der Waals surface area contributed by atoms with Crippen molar-refractivity contribution in [2.24, 2.45) is 17.8 Å². The lowest BCUT2D eigenvalue weighted by Crippen LogP contribution is -2.30. The molecule has 2 aliphatic rings. The fourth-order valence-corrected chi connectivity index (χ4v) is 4.08. The lowest BCUT2D eigenvalue weighted by Gasteiger charge is -2.29. The zero-order chi connectivity index (χ0) is 14.3. The molecule has 4 nitrogen and oxygen atoms in total. The maximum atomic E-state index is 9.35. The van der Waals surface area contributed by atoms with Gasteiger partial charge in [-0.25, -0.2) is 0 Å². The number of nitrogens with one attached hydrogen (secondary N) is 1. The van der Waals surface area contributed by atoms with Gasteiger partial charge in [0, 0.05) is 6.04 Å². The Morgan fingerprint density at radius 2 is 2.05 bits per heavy atom. The Hall–Kier alpha value is -1.63. The van der Waals surface area contributed by atoms with E-state index in [0.29, 0.717) is 17.4 Å². The van der Waals surface area contributed by atoms with Gasteiger partial charge in [-0.1, -0.05) is 6.42 Å². The average Bonchev–Trinajstić information content (AvgIpc) is 3.06. The van der Waals surface area contributed by atoms with E-state index in [1.165, 1.54) is 25.7 Å². The van der Waals surface area contributed by atoms with Crippen LogP contribution in [0.15, 0.2) is 0 Å². The van der Waals surface area contributed by atoms with Crippen LogP contribution in [0, 0.1) is 42.9 Å². The second-order valence-electron chi connectivity index (χ2n) is 6.52. The molecule has 0 saturated heterocycles. The van der Waals surface area contributed by atoms with Gasteiger partial charge in [-0.3, -0.25) is 0 Å². The quantitative estimate of drug-likeness (QED) is 0.916. The molecule has 1 heterocycles. The van der Waals surface area contributed by atoms with Crippen LogP contribution in [-0.2, 0) is 0 Å². The van der Waals surface area contributed by atoms with Gasteiger partial charge < -0.3 is 5.32 Å². The van der Waals surface area contributed by atoms with Crippen LogP contribution >= 0.6 is 0 Å². The van der Waals surface area contributed by atoms with Crippen molar-refractivity contribution in [2.75, 3.05) is 5.32 Å².